The molecule has 16 heavy (non-hydrogen) atoms. The van der Waals surface area contributed by atoms with Crippen molar-refractivity contribution in [1.29, 1.82) is 0 Å². The maximum atomic E-state index is 11.6. The molecular weight excluding hydrogens is 208 g/mol. The van der Waals surface area contributed by atoms with Crippen molar-refractivity contribution in [2.75, 3.05) is 19.7 Å². The summed E-state index contributed by atoms with van der Waals surface area (Å²) < 4.78 is 4.92. The zero-order chi connectivity index (χ0) is 12.0. The second-order valence-corrected chi connectivity index (χ2v) is 3.28. The first-order chi connectivity index (χ1) is 7.69. The first-order valence-corrected chi connectivity index (χ1v) is 5.22. The number of hydrogen-bond donors (Lipinski definition) is 1. The molecule has 1 aliphatic rings. The number of hydrogen-bond acceptors (Lipinski definition) is 3. The maximum Gasteiger partial charge on any atom is 0.414 e. The van der Waals surface area contributed by atoms with E-state index in [-0.39, 0.29) is 5.91 Å². The summed E-state index contributed by atoms with van der Waals surface area (Å²) in [5.74, 6) is -0.178. The molecule has 0 spiro atoms. The minimum atomic E-state index is -0.424. The predicted octanol–water partition coefficient (Wildman–Crippen LogP) is 1.03. The highest BCUT2D eigenvalue weighted by molar-refractivity contribution is 5.91. The Morgan fingerprint density at radius 3 is 3.00 bits per heavy atom. The van der Waals surface area contributed by atoms with Crippen LogP contribution < -0.4 is 5.32 Å². The maximum absolute atomic E-state index is 11.6. The van der Waals surface area contributed by atoms with E-state index in [1.807, 2.05) is 0 Å². The molecule has 0 aromatic rings. The summed E-state index contributed by atoms with van der Waals surface area (Å²) in [5, 5.41) is 2.62. The molecule has 0 bridgehead atoms. The zero-order valence-corrected chi connectivity index (χ0v) is 9.36. The highest BCUT2D eigenvalue weighted by atomic mass is 16.6. The molecule has 88 valence electrons. The van der Waals surface area contributed by atoms with E-state index in [1.165, 1.54) is 11.0 Å². The summed E-state index contributed by atoms with van der Waals surface area (Å²) in [6, 6.07) is 0. The average molecular weight is 224 g/mol. The van der Waals surface area contributed by atoms with Gasteiger partial charge in [-0.1, -0.05) is 6.08 Å². The van der Waals surface area contributed by atoms with E-state index >= 15 is 0 Å². The van der Waals surface area contributed by atoms with Gasteiger partial charge in [-0.05, 0) is 13.3 Å². The molecule has 1 aliphatic heterocycles. The van der Waals surface area contributed by atoms with Gasteiger partial charge in [-0.15, -0.1) is 6.58 Å². The van der Waals surface area contributed by atoms with Crippen LogP contribution in [0.2, 0.25) is 0 Å². The van der Waals surface area contributed by atoms with Crippen LogP contribution in [-0.4, -0.2) is 36.6 Å². The average Bonchev–Trinajstić information content (AvgIpc) is 2.66. The molecular formula is C11H16N2O3. The Balaban J connectivity index is 2.70. The third-order valence-corrected chi connectivity index (χ3v) is 2.13. The van der Waals surface area contributed by atoms with Crippen molar-refractivity contribution >= 4 is 12.0 Å². The van der Waals surface area contributed by atoms with Crippen LogP contribution in [0.25, 0.3) is 0 Å². The summed E-state index contributed by atoms with van der Waals surface area (Å²) in [5.41, 5.74) is 0.644. The molecule has 0 fully saturated rings. The molecule has 0 radical (unpaired) electrons. The number of nitrogens with one attached hydrogen (secondary N) is 1. The molecule has 1 heterocycles. The second-order valence-electron chi connectivity index (χ2n) is 3.28. The van der Waals surface area contributed by atoms with Gasteiger partial charge in [-0.2, -0.15) is 0 Å². The molecule has 0 aliphatic carbocycles. The van der Waals surface area contributed by atoms with Crippen LogP contribution in [0.3, 0.4) is 0 Å². The normalized spacial score (nSPS) is 14.1. The van der Waals surface area contributed by atoms with Gasteiger partial charge in [0.15, 0.2) is 0 Å². The lowest BCUT2D eigenvalue weighted by atomic mass is 10.3. The summed E-state index contributed by atoms with van der Waals surface area (Å²) >= 11 is 0. The van der Waals surface area contributed by atoms with Gasteiger partial charge in [-0.3, -0.25) is 9.69 Å². The van der Waals surface area contributed by atoms with E-state index in [2.05, 4.69) is 11.9 Å². The number of carbonyl (C=O) groups excluding carboxylic acids is 2. The minimum absolute atomic E-state index is 0.178. The monoisotopic (exact) mass is 224 g/mol. The van der Waals surface area contributed by atoms with Crippen LogP contribution in [-0.2, 0) is 9.53 Å². The molecule has 2 amide bonds. The van der Waals surface area contributed by atoms with Crippen LogP contribution in [0.5, 0.6) is 0 Å². The van der Waals surface area contributed by atoms with Crippen molar-refractivity contribution in [3.05, 3.63) is 24.4 Å². The number of amides is 2. The van der Waals surface area contributed by atoms with Gasteiger partial charge in [0.1, 0.15) is 0 Å². The summed E-state index contributed by atoms with van der Waals surface area (Å²) in [6.07, 6.45) is 3.37. The Morgan fingerprint density at radius 2 is 2.50 bits per heavy atom. The zero-order valence-electron chi connectivity index (χ0n) is 9.36. The van der Waals surface area contributed by atoms with Crippen LogP contribution in [0.4, 0.5) is 4.79 Å². The van der Waals surface area contributed by atoms with Crippen LogP contribution in [0.1, 0.15) is 13.3 Å². The molecule has 0 atom stereocenters. The standard InChI is InChI=1S/C11H16N2O3/c1-3-5-6-13(11(15)16-4-2)9-7-10(14)12-8-9/h3,7H,1,4-6,8H2,2H3,(H,12,14). The van der Waals surface area contributed by atoms with Gasteiger partial charge in [0.2, 0.25) is 5.91 Å². The molecule has 0 aromatic heterocycles. The third kappa shape index (κ3) is 3.12. The Bertz CT molecular complexity index is 323. The van der Waals surface area contributed by atoms with Gasteiger partial charge < -0.3 is 10.1 Å². The molecule has 0 saturated carbocycles. The van der Waals surface area contributed by atoms with Gasteiger partial charge in [-0.25, -0.2) is 4.79 Å². The van der Waals surface area contributed by atoms with E-state index in [1.54, 1.807) is 13.0 Å². The first-order valence-electron chi connectivity index (χ1n) is 5.22. The van der Waals surface area contributed by atoms with E-state index < -0.39 is 6.09 Å². The number of rotatable bonds is 5. The van der Waals surface area contributed by atoms with Crippen molar-refractivity contribution in [2.45, 2.75) is 13.3 Å². The Morgan fingerprint density at radius 1 is 1.75 bits per heavy atom. The largest absolute Gasteiger partial charge is 0.449 e. The van der Waals surface area contributed by atoms with Gasteiger partial charge in [0.05, 0.1) is 13.2 Å². The molecule has 5 heteroatoms. The Hall–Kier alpha value is -1.78. The van der Waals surface area contributed by atoms with Crippen LogP contribution in [0, 0.1) is 0 Å². The molecule has 0 unspecified atom stereocenters. The topological polar surface area (TPSA) is 58.6 Å². The van der Waals surface area contributed by atoms with Gasteiger partial charge in [0, 0.05) is 18.3 Å². The third-order valence-electron chi connectivity index (χ3n) is 2.13. The summed E-state index contributed by atoms with van der Waals surface area (Å²) in [4.78, 5) is 24.1. The lowest BCUT2D eigenvalue weighted by Gasteiger charge is -2.21. The fourth-order valence-corrected chi connectivity index (χ4v) is 1.38. The van der Waals surface area contributed by atoms with E-state index in [4.69, 9.17) is 4.74 Å². The summed E-state index contributed by atoms with van der Waals surface area (Å²) in [6.45, 7) is 6.51. The summed E-state index contributed by atoms with van der Waals surface area (Å²) in [7, 11) is 0. The van der Waals surface area contributed by atoms with Crippen LogP contribution >= 0.6 is 0 Å². The highest BCUT2D eigenvalue weighted by Gasteiger charge is 2.22. The fraction of sp³-hybridized carbons (Fsp3) is 0.455. The SMILES string of the molecule is C=CCCN(C(=O)OCC)C1=CC(=O)NC1. The Labute approximate surface area is 94.7 Å². The molecule has 0 aromatic carbocycles. The minimum Gasteiger partial charge on any atom is -0.449 e. The van der Waals surface area contributed by atoms with E-state index in [0.717, 1.165) is 0 Å². The van der Waals surface area contributed by atoms with Crippen molar-refractivity contribution < 1.29 is 14.3 Å². The van der Waals surface area contributed by atoms with Crippen molar-refractivity contribution in [3.63, 3.8) is 0 Å². The highest BCUT2D eigenvalue weighted by Crippen LogP contribution is 2.11. The van der Waals surface area contributed by atoms with Gasteiger partial charge >= 0.3 is 6.09 Å². The predicted molar refractivity (Wildman–Crippen MR) is 59.6 cm³/mol. The molecule has 1 rings (SSSR count). The fourth-order valence-electron chi connectivity index (χ4n) is 1.38. The van der Waals surface area contributed by atoms with E-state index in [9.17, 15) is 9.59 Å². The molecule has 0 saturated heterocycles. The van der Waals surface area contributed by atoms with E-state index in [0.29, 0.717) is 31.8 Å². The Kier molecular flexibility index (Phi) is 4.57. The lowest BCUT2D eigenvalue weighted by molar-refractivity contribution is -0.115. The number of carbonyl (C=O) groups is 2. The van der Waals surface area contributed by atoms with Crippen LogP contribution in [0.15, 0.2) is 24.4 Å². The van der Waals surface area contributed by atoms with Gasteiger partial charge in [0.25, 0.3) is 0 Å². The second kappa shape index (κ2) is 5.95. The first kappa shape index (κ1) is 12.3. The smallest absolute Gasteiger partial charge is 0.414 e. The molecule has 5 nitrogen and oxygen atoms in total. The lowest BCUT2D eigenvalue weighted by Crippen LogP contribution is -2.33. The molecule has 1 N–H and O–H groups in total. The van der Waals surface area contributed by atoms with Crippen molar-refractivity contribution in [2.24, 2.45) is 0 Å². The van der Waals surface area contributed by atoms with Crippen molar-refractivity contribution in [1.82, 2.24) is 10.2 Å². The van der Waals surface area contributed by atoms with Crippen molar-refractivity contribution in [3.8, 4) is 0 Å². The number of ether oxygens (including phenoxy) is 1. The number of nitrogens with zero attached hydrogens (tertiary/aromatic N) is 1. The quantitative estimate of drug-likeness (QED) is 0.710.